The average molecular weight is 513 g/mol. The van der Waals surface area contributed by atoms with Crippen molar-refractivity contribution in [3.63, 3.8) is 0 Å². The second kappa shape index (κ2) is 10.7. The van der Waals surface area contributed by atoms with Gasteiger partial charge in [0.2, 0.25) is 0 Å². The number of nitrogens with two attached hydrogens (primary N) is 1. The van der Waals surface area contributed by atoms with E-state index in [1.807, 2.05) is 36.4 Å². The maximum Gasteiger partial charge on any atom is 0.416 e. The number of fused-ring (bicyclic) bond motifs is 2. The van der Waals surface area contributed by atoms with Gasteiger partial charge in [0.15, 0.2) is 0 Å². The Balaban J connectivity index is 1.17. The lowest BCUT2D eigenvalue weighted by Crippen LogP contribution is -2.47. The van der Waals surface area contributed by atoms with E-state index in [0.717, 1.165) is 73.3 Å². The smallest absolute Gasteiger partial charge is 0.399 e. The number of rotatable bonds is 7. The zero-order valence-corrected chi connectivity index (χ0v) is 21.0. The van der Waals surface area contributed by atoms with Crippen LogP contribution in [0.2, 0.25) is 0 Å². The summed E-state index contributed by atoms with van der Waals surface area (Å²) in [6, 6.07) is 20.2. The standard InChI is InChI=1S/C28H31F3N4S/c29-28(30,31)22-8-11-27-25(20-22)35(24-4-1-2-5-26(24)36-27)14-3-13-33-16-18-34(19-17-33)15-12-21-6-9-23(32)10-7-21/h1-2,4-11,20H,3,12-19,32H2. The maximum absolute atomic E-state index is 13.4. The van der Waals surface area contributed by atoms with Gasteiger partial charge in [-0.25, -0.2) is 0 Å². The number of piperazine rings is 1. The fraction of sp³-hybridized carbons (Fsp3) is 0.357. The molecule has 3 aromatic carbocycles. The zero-order chi connectivity index (χ0) is 25.1. The van der Waals surface area contributed by atoms with Gasteiger partial charge in [0.25, 0.3) is 0 Å². The van der Waals surface area contributed by atoms with Gasteiger partial charge in [0.05, 0.1) is 16.9 Å². The fourth-order valence-corrected chi connectivity index (χ4v) is 5.98. The molecule has 2 heterocycles. The zero-order valence-electron chi connectivity index (χ0n) is 20.2. The van der Waals surface area contributed by atoms with E-state index in [0.29, 0.717) is 12.2 Å². The Morgan fingerprint density at radius 3 is 2.14 bits per heavy atom. The quantitative estimate of drug-likeness (QED) is 0.385. The van der Waals surface area contributed by atoms with Gasteiger partial charge >= 0.3 is 6.18 Å². The lowest BCUT2D eigenvalue weighted by Gasteiger charge is -2.36. The number of hydrogen-bond donors (Lipinski definition) is 1. The van der Waals surface area contributed by atoms with Crippen molar-refractivity contribution in [3.05, 3.63) is 77.9 Å². The molecular formula is C28H31F3N4S. The molecule has 2 aliphatic rings. The summed E-state index contributed by atoms with van der Waals surface area (Å²) in [7, 11) is 0. The molecule has 2 aliphatic heterocycles. The second-order valence-electron chi connectivity index (χ2n) is 9.43. The minimum absolute atomic E-state index is 0.596. The molecule has 0 unspecified atom stereocenters. The number of halogens is 3. The van der Waals surface area contributed by atoms with Crippen molar-refractivity contribution in [1.82, 2.24) is 9.80 Å². The van der Waals surface area contributed by atoms with E-state index in [4.69, 9.17) is 5.73 Å². The summed E-state index contributed by atoms with van der Waals surface area (Å²) in [5, 5.41) is 0. The van der Waals surface area contributed by atoms with E-state index >= 15 is 0 Å². The molecule has 3 aromatic rings. The predicted molar refractivity (Wildman–Crippen MR) is 141 cm³/mol. The van der Waals surface area contributed by atoms with Crippen LogP contribution in [0.1, 0.15) is 17.5 Å². The van der Waals surface area contributed by atoms with Crippen molar-refractivity contribution in [3.8, 4) is 0 Å². The summed E-state index contributed by atoms with van der Waals surface area (Å²) in [6.07, 6.45) is -2.44. The Labute approximate surface area is 214 Å². The molecule has 0 radical (unpaired) electrons. The predicted octanol–water partition coefficient (Wildman–Crippen LogP) is 6.14. The summed E-state index contributed by atoms with van der Waals surface area (Å²) in [4.78, 5) is 8.99. The molecule has 0 aliphatic carbocycles. The van der Waals surface area contributed by atoms with Crippen LogP contribution in [0.3, 0.4) is 0 Å². The Morgan fingerprint density at radius 2 is 1.42 bits per heavy atom. The first-order valence-corrected chi connectivity index (χ1v) is 13.2. The van der Waals surface area contributed by atoms with Crippen molar-refractivity contribution >= 4 is 28.8 Å². The topological polar surface area (TPSA) is 35.7 Å². The van der Waals surface area contributed by atoms with Crippen LogP contribution >= 0.6 is 11.8 Å². The van der Waals surface area contributed by atoms with Crippen molar-refractivity contribution in [2.75, 3.05) is 56.4 Å². The highest BCUT2D eigenvalue weighted by Crippen LogP contribution is 2.49. The van der Waals surface area contributed by atoms with Gasteiger partial charge in [-0.2, -0.15) is 13.2 Å². The maximum atomic E-state index is 13.4. The summed E-state index contributed by atoms with van der Waals surface area (Å²) >= 11 is 1.54. The first-order valence-electron chi connectivity index (χ1n) is 12.4. The SMILES string of the molecule is Nc1ccc(CCN2CCN(CCCN3c4ccccc4Sc4ccc(C(F)(F)F)cc43)CC2)cc1. The molecule has 1 fully saturated rings. The molecule has 0 saturated carbocycles. The second-order valence-corrected chi connectivity index (χ2v) is 10.5. The van der Waals surface area contributed by atoms with Crippen LogP contribution in [0.25, 0.3) is 0 Å². The van der Waals surface area contributed by atoms with Crippen LogP contribution in [0.4, 0.5) is 30.2 Å². The lowest BCUT2D eigenvalue weighted by atomic mass is 10.1. The molecule has 0 amide bonds. The summed E-state index contributed by atoms with van der Waals surface area (Å²) in [6.45, 7) is 6.77. The normalized spacial score (nSPS) is 16.6. The van der Waals surface area contributed by atoms with Gasteiger partial charge < -0.3 is 20.4 Å². The largest absolute Gasteiger partial charge is 0.416 e. The molecule has 0 aromatic heterocycles. The van der Waals surface area contributed by atoms with Gasteiger partial charge in [-0.05, 0) is 67.4 Å². The minimum atomic E-state index is -4.35. The molecule has 190 valence electrons. The Bertz CT molecular complexity index is 1170. The third-order valence-electron chi connectivity index (χ3n) is 6.97. The van der Waals surface area contributed by atoms with Crippen LogP contribution in [-0.2, 0) is 12.6 Å². The van der Waals surface area contributed by atoms with E-state index in [1.54, 1.807) is 6.07 Å². The third kappa shape index (κ3) is 5.82. The highest BCUT2D eigenvalue weighted by Gasteiger charge is 2.33. The highest BCUT2D eigenvalue weighted by molar-refractivity contribution is 7.99. The molecule has 2 N–H and O–H groups in total. The van der Waals surface area contributed by atoms with Gasteiger partial charge in [-0.3, -0.25) is 0 Å². The van der Waals surface area contributed by atoms with Crippen molar-refractivity contribution in [2.24, 2.45) is 0 Å². The lowest BCUT2D eigenvalue weighted by molar-refractivity contribution is -0.137. The van der Waals surface area contributed by atoms with Gasteiger partial charge in [-0.15, -0.1) is 0 Å². The summed E-state index contributed by atoms with van der Waals surface area (Å²) in [5.41, 5.74) is 8.92. The van der Waals surface area contributed by atoms with Crippen LogP contribution in [-0.4, -0.2) is 55.6 Å². The van der Waals surface area contributed by atoms with E-state index in [9.17, 15) is 13.2 Å². The first kappa shape index (κ1) is 25.0. The van der Waals surface area contributed by atoms with Crippen molar-refractivity contribution in [2.45, 2.75) is 28.8 Å². The van der Waals surface area contributed by atoms with Gasteiger partial charge in [-0.1, -0.05) is 36.0 Å². The first-order chi connectivity index (χ1) is 17.4. The third-order valence-corrected chi connectivity index (χ3v) is 8.10. The average Bonchev–Trinajstić information content (AvgIpc) is 2.88. The van der Waals surface area contributed by atoms with Crippen LogP contribution in [0.5, 0.6) is 0 Å². The number of benzene rings is 3. The Hall–Kier alpha value is -2.68. The fourth-order valence-electron chi connectivity index (χ4n) is 4.91. The number of alkyl halides is 3. The summed E-state index contributed by atoms with van der Waals surface area (Å²) < 4.78 is 40.3. The molecule has 4 nitrogen and oxygen atoms in total. The van der Waals surface area contributed by atoms with Crippen LogP contribution in [0, 0.1) is 0 Å². The monoisotopic (exact) mass is 512 g/mol. The Morgan fingerprint density at radius 1 is 0.750 bits per heavy atom. The number of nitrogens with zero attached hydrogens (tertiary/aromatic N) is 3. The molecule has 1 saturated heterocycles. The van der Waals surface area contributed by atoms with E-state index < -0.39 is 11.7 Å². The Kier molecular flexibility index (Phi) is 7.46. The van der Waals surface area contributed by atoms with Crippen LogP contribution in [0.15, 0.2) is 76.5 Å². The molecule has 0 spiro atoms. The number of hydrogen-bond acceptors (Lipinski definition) is 5. The number of anilines is 3. The van der Waals surface area contributed by atoms with Crippen LogP contribution < -0.4 is 10.6 Å². The van der Waals surface area contributed by atoms with Gasteiger partial charge in [0.1, 0.15) is 0 Å². The van der Waals surface area contributed by atoms with Crippen molar-refractivity contribution < 1.29 is 13.2 Å². The molecule has 8 heteroatoms. The number of nitrogen functional groups attached to an aromatic ring is 1. The van der Waals surface area contributed by atoms with Gasteiger partial charge in [0, 0.05) is 54.7 Å². The van der Waals surface area contributed by atoms with E-state index in [1.165, 1.54) is 29.5 Å². The highest BCUT2D eigenvalue weighted by atomic mass is 32.2. The molecule has 0 atom stereocenters. The molecule has 0 bridgehead atoms. The minimum Gasteiger partial charge on any atom is -0.399 e. The molecular weight excluding hydrogens is 481 g/mol. The number of para-hydroxylation sites is 1. The molecule has 5 rings (SSSR count). The molecule has 36 heavy (non-hydrogen) atoms. The summed E-state index contributed by atoms with van der Waals surface area (Å²) in [5.74, 6) is 0. The van der Waals surface area contributed by atoms with E-state index in [-0.39, 0.29) is 0 Å². The van der Waals surface area contributed by atoms with E-state index in [2.05, 4.69) is 26.8 Å². The van der Waals surface area contributed by atoms with Crippen molar-refractivity contribution in [1.29, 1.82) is 0 Å².